The van der Waals surface area contributed by atoms with E-state index in [0.717, 1.165) is 25.7 Å². The van der Waals surface area contributed by atoms with Gasteiger partial charge in [0, 0.05) is 51.6 Å². The topological polar surface area (TPSA) is 110 Å². The van der Waals surface area contributed by atoms with Crippen molar-refractivity contribution in [1.29, 1.82) is 0 Å². The van der Waals surface area contributed by atoms with Crippen LogP contribution in [0.3, 0.4) is 0 Å². The molecule has 0 spiro atoms. The highest BCUT2D eigenvalue weighted by atomic mass is 16.5. The zero-order chi connectivity index (χ0) is 21.3. The van der Waals surface area contributed by atoms with E-state index in [2.05, 4.69) is 15.6 Å². The van der Waals surface area contributed by atoms with E-state index in [-0.39, 0.29) is 25.0 Å². The normalized spacial score (nSPS) is 10.3. The van der Waals surface area contributed by atoms with E-state index in [4.69, 9.17) is 9.47 Å². The van der Waals surface area contributed by atoms with Crippen LogP contribution in [0.15, 0.2) is 24.5 Å². The molecule has 0 saturated heterocycles. The van der Waals surface area contributed by atoms with Crippen molar-refractivity contribution in [3.63, 3.8) is 0 Å². The molecule has 0 radical (unpaired) electrons. The van der Waals surface area contributed by atoms with E-state index >= 15 is 0 Å². The summed E-state index contributed by atoms with van der Waals surface area (Å²) in [5.41, 5.74) is 0.527. The minimum atomic E-state index is -0.494. The maximum Gasteiger partial charge on any atom is 0.407 e. The van der Waals surface area contributed by atoms with Crippen LogP contribution in [0.2, 0.25) is 0 Å². The van der Waals surface area contributed by atoms with Gasteiger partial charge in [0.25, 0.3) is 5.91 Å². The third-order valence-electron chi connectivity index (χ3n) is 4.12. The Balaban J connectivity index is 2.20. The maximum absolute atomic E-state index is 12.5. The summed E-state index contributed by atoms with van der Waals surface area (Å²) in [5.74, 6) is -0.176. The molecular formula is C20H32N4O5. The number of pyridine rings is 1. The van der Waals surface area contributed by atoms with Crippen molar-refractivity contribution in [3.05, 3.63) is 30.1 Å². The molecule has 1 rings (SSSR count). The number of nitrogens with one attached hydrogen (secondary N) is 2. The monoisotopic (exact) mass is 408 g/mol. The SMILES string of the molecule is COCCN(CCOC(=O)NCCCCCCNC(C)=O)C(=O)c1ccncc1. The lowest BCUT2D eigenvalue weighted by Gasteiger charge is -2.22. The third kappa shape index (κ3) is 11.7. The van der Waals surface area contributed by atoms with Crippen molar-refractivity contribution in [2.24, 2.45) is 0 Å². The number of aromatic nitrogens is 1. The van der Waals surface area contributed by atoms with E-state index in [1.54, 1.807) is 36.5 Å². The first kappa shape index (κ1) is 24.4. The van der Waals surface area contributed by atoms with Crippen molar-refractivity contribution in [2.45, 2.75) is 32.6 Å². The van der Waals surface area contributed by atoms with E-state index < -0.39 is 6.09 Å². The Bertz CT molecular complexity index is 612. The van der Waals surface area contributed by atoms with Crippen LogP contribution in [0, 0.1) is 0 Å². The highest BCUT2D eigenvalue weighted by molar-refractivity contribution is 5.94. The number of ether oxygens (including phenoxy) is 2. The van der Waals surface area contributed by atoms with E-state index in [0.29, 0.717) is 31.8 Å². The van der Waals surface area contributed by atoms with Crippen LogP contribution >= 0.6 is 0 Å². The first-order chi connectivity index (χ1) is 14.0. The number of unbranched alkanes of at least 4 members (excludes halogenated alkanes) is 3. The Kier molecular flexibility index (Phi) is 12.8. The van der Waals surface area contributed by atoms with Crippen LogP contribution in [0.5, 0.6) is 0 Å². The molecule has 0 saturated carbocycles. The molecule has 2 N–H and O–H groups in total. The van der Waals surface area contributed by atoms with Gasteiger partial charge in [-0.25, -0.2) is 4.79 Å². The minimum Gasteiger partial charge on any atom is -0.448 e. The van der Waals surface area contributed by atoms with E-state index in [1.807, 2.05) is 0 Å². The van der Waals surface area contributed by atoms with Crippen LogP contribution < -0.4 is 10.6 Å². The van der Waals surface area contributed by atoms with Gasteiger partial charge in [0.1, 0.15) is 6.61 Å². The Morgan fingerprint density at radius 2 is 1.59 bits per heavy atom. The highest BCUT2D eigenvalue weighted by Crippen LogP contribution is 2.04. The number of methoxy groups -OCH3 is 1. The summed E-state index contributed by atoms with van der Waals surface area (Å²) in [5, 5.41) is 5.45. The van der Waals surface area contributed by atoms with Crippen LogP contribution in [-0.4, -0.2) is 74.3 Å². The summed E-state index contributed by atoms with van der Waals surface area (Å²) < 4.78 is 10.2. The lowest BCUT2D eigenvalue weighted by atomic mass is 10.2. The molecule has 29 heavy (non-hydrogen) atoms. The molecule has 0 aliphatic heterocycles. The predicted molar refractivity (Wildman–Crippen MR) is 109 cm³/mol. The van der Waals surface area contributed by atoms with Crippen LogP contribution in [-0.2, 0) is 14.3 Å². The van der Waals surface area contributed by atoms with E-state index in [1.165, 1.54) is 6.92 Å². The maximum atomic E-state index is 12.5. The van der Waals surface area contributed by atoms with Gasteiger partial charge in [-0.1, -0.05) is 12.8 Å². The minimum absolute atomic E-state index is 0.0160. The Labute approximate surface area is 172 Å². The molecule has 162 valence electrons. The summed E-state index contributed by atoms with van der Waals surface area (Å²) in [6.07, 6.45) is 6.35. The molecule has 9 heteroatoms. The molecule has 0 atom stereocenters. The number of carbonyl (C=O) groups is 3. The van der Waals surface area contributed by atoms with Gasteiger partial charge in [-0.15, -0.1) is 0 Å². The number of hydrogen-bond acceptors (Lipinski definition) is 6. The first-order valence-electron chi connectivity index (χ1n) is 9.88. The van der Waals surface area contributed by atoms with Gasteiger partial charge in [-0.2, -0.15) is 0 Å². The molecule has 1 aromatic heterocycles. The van der Waals surface area contributed by atoms with Gasteiger partial charge in [0.05, 0.1) is 13.2 Å². The molecule has 1 heterocycles. The summed E-state index contributed by atoms with van der Waals surface area (Å²) in [6.45, 7) is 3.89. The Morgan fingerprint density at radius 3 is 2.21 bits per heavy atom. The number of alkyl carbamates (subject to hydrolysis) is 1. The lowest BCUT2D eigenvalue weighted by molar-refractivity contribution is -0.118. The first-order valence-corrected chi connectivity index (χ1v) is 9.88. The van der Waals surface area contributed by atoms with Crippen molar-refractivity contribution in [2.75, 3.05) is 46.5 Å². The van der Waals surface area contributed by atoms with Gasteiger partial charge < -0.3 is 25.0 Å². The molecular weight excluding hydrogens is 376 g/mol. The van der Waals surface area contributed by atoms with Gasteiger partial charge in [0.15, 0.2) is 0 Å². The van der Waals surface area contributed by atoms with Crippen LogP contribution in [0.25, 0.3) is 0 Å². The zero-order valence-corrected chi connectivity index (χ0v) is 17.3. The number of rotatable bonds is 14. The molecule has 9 nitrogen and oxygen atoms in total. The lowest BCUT2D eigenvalue weighted by Crippen LogP contribution is -2.37. The number of amides is 3. The molecule has 0 aromatic carbocycles. The smallest absolute Gasteiger partial charge is 0.407 e. The number of hydrogen-bond donors (Lipinski definition) is 2. The predicted octanol–water partition coefficient (Wildman–Crippen LogP) is 1.59. The second-order valence-electron chi connectivity index (χ2n) is 6.48. The Morgan fingerprint density at radius 1 is 0.966 bits per heavy atom. The van der Waals surface area contributed by atoms with Crippen LogP contribution in [0.1, 0.15) is 43.0 Å². The summed E-state index contributed by atoms with van der Waals surface area (Å²) in [4.78, 5) is 40.6. The summed E-state index contributed by atoms with van der Waals surface area (Å²) in [7, 11) is 1.57. The molecule has 0 bridgehead atoms. The van der Waals surface area contributed by atoms with Crippen molar-refractivity contribution in [1.82, 2.24) is 20.5 Å². The van der Waals surface area contributed by atoms with Gasteiger partial charge in [-0.05, 0) is 25.0 Å². The fraction of sp³-hybridized carbons (Fsp3) is 0.600. The van der Waals surface area contributed by atoms with Crippen LogP contribution in [0.4, 0.5) is 4.79 Å². The number of nitrogens with zero attached hydrogens (tertiary/aromatic N) is 2. The highest BCUT2D eigenvalue weighted by Gasteiger charge is 2.16. The van der Waals surface area contributed by atoms with Gasteiger partial charge in [-0.3, -0.25) is 14.6 Å². The van der Waals surface area contributed by atoms with Gasteiger partial charge in [0.2, 0.25) is 5.91 Å². The number of carbonyl (C=O) groups excluding carboxylic acids is 3. The zero-order valence-electron chi connectivity index (χ0n) is 17.3. The second-order valence-corrected chi connectivity index (χ2v) is 6.48. The van der Waals surface area contributed by atoms with Crippen molar-refractivity contribution in [3.8, 4) is 0 Å². The quantitative estimate of drug-likeness (QED) is 0.453. The van der Waals surface area contributed by atoms with Crippen molar-refractivity contribution < 1.29 is 23.9 Å². The molecule has 0 aliphatic carbocycles. The standard InChI is InChI=1S/C20H32N4O5/c1-17(25)22-9-5-3-4-6-10-23-20(27)29-16-14-24(13-15-28-2)19(26)18-7-11-21-12-8-18/h7-8,11-12H,3-6,9-10,13-16H2,1-2H3,(H,22,25)(H,23,27). The average Bonchev–Trinajstić information content (AvgIpc) is 2.72. The molecule has 0 fully saturated rings. The third-order valence-corrected chi connectivity index (χ3v) is 4.12. The second kappa shape index (κ2) is 15.3. The molecule has 0 unspecified atom stereocenters. The van der Waals surface area contributed by atoms with Gasteiger partial charge >= 0.3 is 6.09 Å². The molecule has 0 aliphatic rings. The van der Waals surface area contributed by atoms with E-state index in [9.17, 15) is 14.4 Å². The fourth-order valence-corrected chi connectivity index (χ4v) is 2.55. The van der Waals surface area contributed by atoms with Crippen molar-refractivity contribution >= 4 is 17.9 Å². The molecule has 1 aromatic rings. The summed E-state index contributed by atoms with van der Waals surface area (Å²) >= 11 is 0. The molecule has 3 amide bonds. The summed E-state index contributed by atoms with van der Waals surface area (Å²) in [6, 6.07) is 3.29. The largest absolute Gasteiger partial charge is 0.448 e. The Hall–Kier alpha value is -2.68. The fourth-order valence-electron chi connectivity index (χ4n) is 2.55. The average molecular weight is 408 g/mol.